The molecule has 4 N–H and O–H groups in total. The monoisotopic (exact) mass is 289 g/mol. The number of nitrogens with zero attached hydrogens (tertiary/aromatic N) is 1. The van der Waals surface area contributed by atoms with E-state index in [9.17, 15) is 4.39 Å². The molecule has 0 saturated carbocycles. The summed E-state index contributed by atoms with van der Waals surface area (Å²) >= 11 is 0. The lowest BCUT2D eigenvalue weighted by molar-refractivity contribution is 0.318. The minimum absolute atomic E-state index is 0.0171. The zero-order chi connectivity index (χ0) is 15.2. The van der Waals surface area contributed by atoms with E-state index in [-0.39, 0.29) is 11.7 Å². The van der Waals surface area contributed by atoms with Crippen LogP contribution in [-0.4, -0.2) is 18.2 Å². The van der Waals surface area contributed by atoms with Crippen LogP contribution >= 0.6 is 0 Å². The van der Waals surface area contributed by atoms with Crippen molar-refractivity contribution in [3.63, 3.8) is 0 Å². The Bertz CT molecular complexity index is 659. The van der Waals surface area contributed by atoms with Gasteiger partial charge < -0.3 is 21.0 Å². The maximum Gasteiger partial charge on any atom is 0.173 e. The molecule has 0 atom stereocenters. The molecule has 0 unspecified atom stereocenters. The van der Waals surface area contributed by atoms with E-state index in [0.717, 1.165) is 5.56 Å². The van der Waals surface area contributed by atoms with E-state index in [1.807, 2.05) is 6.07 Å². The van der Waals surface area contributed by atoms with Crippen molar-refractivity contribution < 1.29 is 14.3 Å². The molecule has 2 aromatic carbocycles. The topological polar surface area (TPSA) is 79.9 Å². The summed E-state index contributed by atoms with van der Waals surface area (Å²) in [6.07, 6.45) is 0. The Labute approximate surface area is 121 Å². The molecule has 2 aromatic rings. The predicted octanol–water partition coefficient (Wildman–Crippen LogP) is 2.54. The molecule has 0 aromatic heterocycles. The Hall–Kier alpha value is -2.76. The van der Waals surface area contributed by atoms with Gasteiger partial charge in [0.1, 0.15) is 11.6 Å². The third-order valence-electron chi connectivity index (χ3n) is 2.97. The van der Waals surface area contributed by atoms with Crippen molar-refractivity contribution in [2.75, 3.05) is 12.4 Å². The molecular weight excluding hydrogens is 273 g/mol. The summed E-state index contributed by atoms with van der Waals surface area (Å²) in [7, 11) is 1.51. The lowest BCUT2D eigenvalue weighted by Gasteiger charge is -2.11. The van der Waals surface area contributed by atoms with E-state index in [0.29, 0.717) is 23.5 Å². The highest BCUT2D eigenvalue weighted by Crippen LogP contribution is 2.21. The number of amidine groups is 1. The third kappa shape index (κ3) is 3.62. The van der Waals surface area contributed by atoms with Gasteiger partial charge in [0.15, 0.2) is 5.84 Å². The Morgan fingerprint density at radius 2 is 2.14 bits per heavy atom. The van der Waals surface area contributed by atoms with Crippen LogP contribution in [0.1, 0.15) is 11.1 Å². The number of halogens is 1. The first kappa shape index (κ1) is 14.6. The molecule has 2 rings (SSSR count). The third-order valence-corrected chi connectivity index (χ3v) is 2.97. The molecule has 0 aliphatic carbocycles. The molecule has 5 nitrogen and oxygen atoms in total. The van der Waals surface area contributed by atoms with Gasteiger partial charge >= 0.3 is 0 Å². The lowest BCUT2D eigenvalue weighted by atomic mass is 10.1. The Kier molecular flexibility index (Phi) is 4.61. The van der Waals surface area contributed by atoms with Crippen molar-refractivity contribution in [3.8, 4) is 5.75 Å². The predicted molar refractivity (Wildman–Crippen MR) is 79.2 cm³/mol. The van der Waals surface area contributed by atoms with Gasteiger partial charge in [0, 0.05) is 12.2 Å². The highest BCUT2D eigenvalue weighted by molar-refractivity contribution is 5.99. The summed E-state index contributed by atoms with van der Waals surface area (Å²) in [5, 5.41) is 14.8. The molecule has 0 spiro atoms. The lowest BCUT2D eigenvalue weighted by Crippen LogP contribution is -2.14. The van der Waals surface area contributed by atoms with E-state index < -0.39 is 0 Å². The standard InChI is InChI=1S/C15H16FN3O2/c1-21-14-7-10(5-6-13(14)15(17)19-20)9-18-12-4-2-3-11(16)8-12/h2-8,18,20H,9H2,1H3,(H2,17,19). The van der Waals surface area contributed by atoms with Crippen molar-refractivity contribution in [2.24, 2.45) is 10.9 Å². The number of anilines is 1. The first-order valence-corrected chi connectivity index (χ1v) is 6.28. The van der Waals surface area contributed by atoms with Crippen LogP contribution in [0.25, 0.3) is 0 Å². The number of hydrogen-bond acceptors (Lipinski definition) is 4. The summed E-state index contributed by atoms with van der Waals surface area (Å²) in [6, 6.07) is 11.5. The highest BCUT2D eigenvalue weighted by atomic mass is 19.1. The Morgan fingerprint density at radius 1 is 1.33 bits per heavy atom. The fourth-order valence-corrected chi connectivity index (χ4v) is 1.91. The molecule has 0 bridgehead atoms. The maximum atomic E-state index is 13.1. The van der Waals surface area contributed by atoms with Crippen LogP contribution in [0.5, 0.6) is 5.75 Å². The smallest absolute Gasteiger partial charge is 0.173 e. The normalized spacial score (nSPS) is 11.2. The van der Waals surface area contributed by atoms with E-state index in [1.54, 1.807) is 24.3 Å². The number of ether oxygens (including phenoxy) is 1. The van der Waals surface area contributed by atoms with Crippen molar-refractivity contribution in [1.82, 2.24) is 0 Å². The first-order valence-electron chi connectivity index (χ1n) is 6.28. The average Bonchev–Trinajstić information content (AvgIpc) is 2.52. The summed E-state index contributed by atoms with van der Waals surface area (Å²) in [5.74, 6) is 0.195. The highest BCUT2D eigenvalue weighted by Gasteiger charge is 2.08. The molecule has 0 radical (unpaired) electrons. The van der Waals surface area contributed by atoms with Gasteiger partial charge in [-0.2, -0.15) is 0 Å². The molecule has 0 saturated heterocycles. The molecule has 0 aliphatic heterocycles. The Balaban J connectivity index is 2.14. The van der Waals surface area contributed by atoms with E-state index in [2.05, 4.69) is 10.5 Å². The van der Waals surface area contributed by atoms with E-state index in [1.165, 1.54) is 19.2 Å². The largest absolute Gasteiger partial charge is 0.496 e. The van der Waals surface area contributed by atoms with Crippen LogP contribution < -0.4 is 15.8 Å². The molecule has 110 valence electrons. The van der Waals surface area contributed by atoms with Crippen LogP contribution in [0, 0.1) is 5.82 Å². The SMILES string of the molecule is COc1cc(CNc2cccc(F)c2)ccc1/C(N)=N/O. The van der Waals surface area contributed by atoms with Crippen molar-refractivity contribution in [2.45, 2.75) is 6.54 Å². The second-order valence-corrected chi connectivity index (χ2v) is 4.38. The van der Waals surface area contributed by atoms with Crippen LogP contribution in [0.2, 0.25) is 0 Å². The van der Waals surface area contributed by atoms with E-state index in [4.69, 9.17) is 15.7 Å². The number of rotatable bonds is 5. The van der Waals surface area contributed by atoms with Gasteiger partial charge in [-0.15, -0.1) is 0 Å². The number of hydrogen-bond donors (Lipinski definition) is 3. The van der Waals surface area contributed by atoms with Gasteiger partial charge in [0.25, 0.3) is 0 Å². The number of methoxy groups -OCH3 is 1. The molecular formula is C15H16FN3O2. The Morgan fingerprint density at radius 3 is 2.81 bits per heavy atom. The van der Waals surface area contributed by atoms with E-state index >= 15 is 0 Å². The van der Waals surface area contributed by atoms with Crippen LogP contribution in [0.3, 0.4) is 0 Å². The van der Waals surface area contributed by atoms with Gasteiger partial charge in [-0.25, -0.2) is 4.39 Å². The number of nitrogens with two attached hydrogens (primary N) is 1. The first-order chi connectivity index (χ1) is 10.1. The zero-order valence-corrected chi connectivity index (χ0v) is 11.5. The molecule has 0 amide bonds. The van der Waals surface area contributed by atoms with Crippen LogP contribution in [0.15, 0.2) is 47.6 Å². The second kappa shape index (κ2) is 6.60. The quantitative estimate of drug-likeness (QED) is 0.342. The molecule has 0 fully saturated rings. The number of oxime groups is 1. The summed E-state index contributed by atoms with van der Waals surface area (Å²) in [6.45, 7) is 0.496. The van der Waals surface area contributed by atoms with Gasteiger partial charge in [-0.1, -0.05) is 17.3 Å². The summed E-state index contributed by atoms with van der Waals surface area (Å²) in [4.78, 5) is 0. The van der Waals surface area contributed by atoms with Gasteiger partial charge in [0.2, 0.25) is 0 Å². The zero-order valence-electron chi connectivity index (χ0n) is 11.5. The molecule has 0 heterocycles. The van der Waals surface area contributed by atoms with Crippen molar-refractivity contribution in [3.05, 3.63) is 59.4 Å². The van der Waals surface area contributed by atoms with Gasteiger partial charge in [-0.05, 0) is 35.9 Å². The average molecular weight is 289 g/mol. The minimum atomic E-state index is -0.292. The van der Waals surface area contributed by atoms with Crippen molar-refractivity contribution >= 4 is 11.5 Å². The van der Waals surface area contributed by atoms with Crippen LogP contribution in [0.4, 0.5) is 10.1 Å². The van der Waals surface area contributed by atoms with Gasteiger partial charge in [0.05, 0.1) is 12.7 Å². The fraction of sp³-hybridized carbons (Fsp3) is 0.133. The van der Waals surface area contributed by atoms with Crippen molar-refractivity contribution in [1.29, 1.82) is 0 Å². The number of benzene rings is 2. The minimum Gasteiger partial charge on any atom is -0.496 e. The maximum absolute atomic E-state index is 13.1. The van der Waals surface area contributed by atoms with Crippen LogP contribution in [-0.2, 0) is 6.54 Å². The summed E-state index contributed by atoms with van der Waals surface area (Å²) < 4.78 is 18.3. The molecule has 21 heavy (non-hydrogen) atoms. The molecule has 0 aliphatic rings. The fourth-order valence-electron chi connectivity index (χ4n) is 1.91. The molecule has 6 heteroatoms. The summed E-state index contributed by atoms with van der Waals surface area (Å²) in [5.41, 5.74) is 7.69. The second-order valence-electron chi connectivity index (χ2n) is 4.38. The van der Waals surface area contributed by atoms with Gasteiger partial charge in [-0.3, -0.25) is 0 Å². The number of nitrogens with one attached hydrogen (secondary N) is 1.